The van der Waals surface area contributed by atoms with E-state index in [4.69, 9.17) is 5.11 Å². The molecule has 0 aliphatic rings. The van der Waals surface area contributed by atoms with Gasteiger partial charge in [-0.3, -0.25) is 4.98 Å². The molecular formula is C19H15N7NiO2. The minimum atomic E-state index is -0.953. The number of hydrogen-bond donors (Lipinski definition) is 3. The Morgan fingerprint density at radius 2 is 1.93 bits per heavy atom. The summed E-state index contributed by atoms with van der Waals surface area (Å²) < 4.78 is 0. The van der Waals surface area contributed by atoms with E-state index in [2.05, 4.69) is 35.7 Å². The average Bonchev–Trinajstić information content (AvgIpc) is 3.22. The molecule has 0 bridgehead atoms. The van der Waals surface area contributed by atoms with Crippen molar-refractivity contribution in [1.29, 1.82) is 0 Å². The molecule has 9 nitrogen and oxygen atoms in total. The van der Waals surface area contributed by atoms with Gasteiger partial charge in [-0.2, -0.15) is 10.1 Å². The molecule has 0 radical (unpaired) electrons. The fourth-order valence-corrected chi connectivity index (χ4v) is 2.78. The summed E-state index contributed by atoms with van der Waals surface area (Å²) in [5.74, 6) is -0.647. The number of H-pyrrole nitrogens is 1. The fourth-order valence-electron chi connectivity index (χ4n) is 2.78. The Hall–Kier alpha value is -3.65. The summed E-state index contributed by atoms with van der Waals surface area (Å²) in [4.78, 5) is 19.5. The van der Waals surface area contributed by atoms with Crippen molar-refractivity contribution in [2.45, 2.75) is 6.92 Å². The topological polar surface area (TPSA) is 129 Å². The first-order chi connectivity index (χ1) is 13.6. The van der Waals surface area contributed by atoms with E-state index in [0.717, 1.165) is 22.3 Å². The van der Waals surface area contributed by atoms with Gasteiger partial charge in [-0.05, 0) is 55.0 Å². The van der Waals surface area contributed by atoms with Gasteiger partial charge in [-0.1, -0.05) is 0 Å². The summed E-state index contributed by atoms with van der Waals surface area (Å²) in [6.07, 6.45) is 3.04. The Bertz CT molecular complexity index is 1190. The number of pyridine rings is 1. The second-order valence-corrected chi connectivity index (χ2v) is 6.00. The molecule has 10 heteroatoms. The third-order valence-electron chi connectivity index (χ3n) is 4.15. The van der Waals surface area contributed by atoms with Gasteiger partial charge in [-0.15, -0.1) is 10.2 Å². The molecule has 2 aromatic heterocycles. The molecule has 4 rings (SSSR count). The molecular weight excluding hydrogens is 417 g/mol. The number of carbonyl (C=O) groups is 1. The van der Waals surface area contributed by atoms with E-state index in [0.29, 0.717) is 17.2 Å². The van der Waals surface area contributed by atoms with E-state index >= 15 is 0 Å². The van der Waals surface area contributed by atoms with E-state index in [1.165, 1.54) is 6.33 Å². The number of carboxylic acid groups (broad SMARTS) is 1. The van der Waals surface area contributed by atoms with E-state index < -0.39 is 5.97 Å². The van der Waals surface area contributed by atoms with Crippen LogP contribution in [0.25, 0.3) is 10.9 Å². The van der Waals surface area contributed by atoms with Crippen molar-refractivity contribution in [3.8, 4) is 0 Å². The first kappa shape index (κ1) is 20.1. The van der Waals surface area contributed by atoms with Crippen LogP contribution in [0.15, 0.2) is 65.2 Å². The molecule has 3 N–H and O–H groups in total. The molecule has 0 unspecified atom stereocenters. The number of hydrogen-bond acceptors (Lipinski definition) is 7. The Labute approximate surface area is 175 Å². The summed E-state index contributed by atoms with van der Waals surface area (Å²) in [6, 6.07) is 12.4. The van der Waals surface area contributed by atoms with Crippen molar-refractivity contribution < 1.29 is 26.4 Å². The van der Waals surface area contributed by atoms with Crippen LogP contribution in [-0.4, -0.2) is 31.2 Å². The maximum Gasteiger partial charge on any atom is 0.335 e. The van der Waals surface area contributed by atoms with Crippen LogP contribution in [0.3, 0.4) is 0 Å². The number of aryl methyl sites for hydroxylation is 1. The molecule has 0 aliphatic carbocycles. The SMILES string of the molecule is Cc1cc(C(=O)O)ccc1Nc1ccc(N=Nc2ncn[nH]2)c2ncccc12.[Ni]. The monoisotopic (exact) mass is 431 g/mol. The Kier molecular flexibility index (Phi) is 5.94. The first-order valence-corrected chi connectivity index (χ1v) is 8.37. The van der Waals surface area contributed by atoms with Gasteiger partial charge in [0.1, 0.15) is 12.0 Å². The molecule has 4 aromatic rings. The Morgan fingerprint density at radius 3 is 2.66 bits per heavy atom. The third kappa shape index (κ3) is 4.27. The molecule has 2 heterocycles. The maximum atomic E-state index is 11.1. The zero-order chi connectivity index (χ0) is 19.5. The number of rotatable bonds is 5. The molecule has 0 spiro atoms. The van der Waals surface area contributed by atoms with E-state index in [1.807, 2.05) is 25.1 Å². The molecule has 0 atom stereocenters. The largest absolute Gasteiger partial charge is 0.478 e. The van der Waals surface area contributed by atoms with Crippen LogP contribution in [0.2, 0.25) is 0 Å². The summed E-state index contributed by atoms with van der Waals surface area (Å²) in [5, 5.41) is 27.9. The number of azo groups is 1. The molecule has 0 amide bonds. The molecule has 0 fully saturated rings. The number of nitrogens with zero attached hydrogens (tertiary/aromatic N) is 5. The number of fused-ring (bicyclic) bond motifs is 1. The molecule has 0 saturated heterocycles. The minimum absolute atomic E-state index is 0. The van der Waals surface area contributed by atoms with Crippen LogP contribution >= 0.6 is 0 Å². The van der Waals surface area contributed by atoms with E-state index in [9.17, 15) is 4.79 Å². The molecule has 0 aliphatic heterocycles. The summed E-state index contributed by atoms with van der Waals surface area (Å²) in [5.41, 5.74) is 3.98. The van der Waals surface area contributed by atoms with Crippen LogP contribution in [0.1, 0.15) is 15.9 Å². The molecule has 29 heavy (non-hydrogen) atoms. The Balaban J connectivity index is 0.00000240. The van der Waals surface area contributed by atoms with Crippen LogP contribution in [-0.2, 0) is 16.5 Å². The predicted octanol–water partition coefficient (Wildman–Crippen LogP) is 4.52. The van der Waals surface area contributed by atoms with Gasteiger partial charge in [0.25, 0.3) is 5.95 Å². The van der Waals surface area contributed by atoms with Crippen molar-refractivity contribution in [3.05, 3.63) is 66.1 Å². The number of nitrogens with one attached hydrogen (secondary N) is 2. The van der Waals surface area contributed by atoms with E-state index in [1.54, 1.807) is 30.5 Å². The Morgan fingerprint density at radius 1 is 1.10 bits per heavy atom. The minimum Gasteiger partial charge on any atom is -0.478 e. The van der Waals surface area contributed by atoms with Gasteiger partial charge >= 0.3 is 5.97 Å². The normalized spacial score (nSPS) is 10.8. The van der Waals surface area contributed by atoms with Gasteiger partial charge in [-0.25, -0.2) is 9.89 Å². The summed E-state index contributed by atoms with van der Waals surface area (Å²) >= 11 is 0. The second kappa shape index (κ2) is 8.58. The van der Waals surface area contributed by atoms with Gasteiger partial charge in [0.2, 0.25) is 0 Å². The van der Waals surface area contributed by atoms with Gasteiger partial charge in [0, 0.05) is 39.4 Å². The molecule has 2 aromatic carbocycles. The number of benzene rings is 2. The second-order valence-electron chi connectivity index (χ2n) is 6.00. The number of anilines is 2. The van der Waals surface area contributed by atoms with Crippen molar-refractivity contribution >= 4 is 39.9 Å². The van der Waals surface area contributed by atoms with Crippen molar-refractivity contribution in [2.75, 3.05) is 5.32 Å². The standard InChI is InChI=1S/C19H15N7O2.Ni/c1-11-9-12(18(27)28)4-5-14(11)23-15-6-7-16(17-13(15)3-2-8-20-17)24-26-19-21-10-22-25-19;/h2-10,23H,1H3,(H,27,28)(H,21,22,25);. The molecule has 148 valence electrons. The van der Waals surface area contributed by atoms with Gasteiger partial charge < -0.3 is 10.4 Å². The number of aromatic nitrogens is 4. The quantitative estimate of drug-likeness (QED) is 0.314. The van der Waals surface area contributed by atoms with Crippen LogP contribution in [0.5, 0.6) is 0 Å². The van der Waals surface area contributed by atoms with Crippen LogP contribution in [0.4, 0.5) is 23.0 Å². The molecule has 0 saturated carbocycles. The fraction of sp³-hybridized carbons (Fsp3) is 0.0526. The van der Waals surface area contributed by atoms with Crippen LogP contribution < -0.4 is 5.32 Å². The number of aromatic amines is 1. The van der Waals surface area contributed by atoms with Crippen molar-refractivity contribution in [2.24, 2.45) is 10.2 Å². The number of aromatic carboxylic acids is 1. The predicted molar refractivity (Wildman–Crippen MR) is 104 cm³/mol. The third-order valence-corrected chi connectivity index (χ3v) is 4.15. The zero-order valence-electron chi connectivity index (χ0n) is 15.1. The average molecular weight is 432 g/mol. The maximum absolute atomic E-state index is 11.1. The van der Waals surface area contributed by atoms with Crippen molar-refractivity contribution in [1.82, 2.24) is 20.2 Å². The summed E-state index contributed by atoms with van der Waals surface area (Å²) in [7, 11) is 0. The summed E-state index contributed by atoms with van der Waals surface area (Å²) in [6.45, 7) is 1.86. The smallest absolute Gasteiger partial charge is 0.335 e. The zero-order valence-corrected chi connectivity index (χ0v) is 16.1. The van der Waals surface area contributed by atoms with Crippen molar-refractivity contribution in [3.63, 3.8) is 0 Å². The first-order valence-electron chi connectivity index (χ1n) is 8.37. The van der Waals surface area contributed by atoms with E-state index in [-0.39, 0.29) is 22.1 Å². The number of carboxylic acids is 1. The van der Waals surface area contributed by atoms with Gasteiger partial charge in [0.05, 0.1) is 11.1 Å². The van der Waals surface area contributed by atoms with Crippen LogP contribution in [0, 0.1) is 6.92 Å². The van der Waals surface area contributed by atoms with Gasteiger partial charge in [0.15, 0.2) is 0 Å².